The van der Waals surface area contributed by atoms with Crippen LogP contribution in [0.15, 0.2) is 0 Å². The predicted octanol–water partition coefficient (Wildman–Crippen LogP) is 1.51. The van der Waals surface area contributed by atoms with Crippen molar-refractivity contribution < 1.29 is 28.7 Å². The van der Waals surface area contributed by atoms with E-state index >= 15 is 4.39 Å². The molecule has 0 spiro atoms. The van der Waals surface area contributed by atoms with Gasteiger partial charge < -0.3 is 16.2 Å². The SMILES string of the molecule is CCN(C(=O)O)[C@@H](CC1(F)CCCC1)C(=O)NC1(C(=O)C(N)=O)CCCC1. The number of Topliss-reactive ketones (excluding diaryl/α,β-unsaturated/α-hetero) is 1. The molecule has 9 heteroatoms. The molecule has 8 nitrogen and oxygen atoms in total. The van der Waals surface area contributed by atoms with E-state index in [1.807, 2.05) is 0 Å². The number of carboxylic acid groups (broad SMARTS) is 1. The van der Waals surface area contributed by atoms with Crippen molar-refractivity contribution in [3.05, 3.63) is 0 Å². The molecule has 0 radical (unpaired) electrons. The summed E-state index contributed by atoms with van der Waals surface area (Å²) in [6.07, 6.45) is 2.11. The summed E-state index contributed by atoms with van der Waals surface area (Å²) >= 11 is 0. The molecule has 0 saturated heterocycles. The Balaban J connectivity index is 2.27. The highest BCUT2D eigenvalue weighted by atomic mass is 19.1. The minimum Gasteiger partial charge on any atom is -0.465 e. The number of likely N-dealkylation sites (N-methyl/N-ethyl adjacent to an activating group) is 1. The molecule has 0 heterocycles. The molecule has 0 bridgehead atoms. The van der Waals surface area contributed by atoms with Crippen LogP contribution in [0, 0.1) is 0 Å². The third kappa shape index (κ3) is 4.56. The Morgan fingerprint density at radius 2 is 1.63 bits per heavy atom. The lowest BCUT2D eigenvalue weighted by atomic mass is 9.89. The molecule has 0 aromatic heterocycles. The molecule has 2 rings (SSSR count). The zero-order valence-electron chi connectivity index (χ0n) is 15.6. The van der Waals surface area contributed by atoms with E-state index in [9.17, 15) is 24.3 Å². The molecular formula is C18H28FN3O5. The second-order valence-electron chi connectivity index (χ2n) is 7.62. The Bertz CT molecular complexity index is 612. The van der Waals surface area contributed by atoms with Crippen LogP contribution in [0.1, 0.15) is 64.7 Å². The first-order chi connectivity index (χ1) is 12.6. The van der Waals surface area contributed by atoms with Crippen molar-refractivity contribution in [1.82, 2.24) is 10.2 Å². The zero-order valence-corrected chi connectivity index (χ0v) is 15.6. The van der Waals surface area contributed by atoms with Crippen molar-refractivity contribution in [3.63, 3.8) is 0 Å². The normalized spacial score (nSPS) is 21.4. The maximum absolute atomic E-state index is 15.0. The topological polar surface area (TPSA) is 130 Å². The summed E-state index contributed by atoms with van der Waals surface area (Å²) in [5.74, 6) is -2.78. The number of carbonyl (C=O) groups excluding carboxylic acids is 3. The van der Waals surface area contributed by atoms with Gasteiger partial charge in [-0.2, -0.15) is 0 Å². The van der Waals surface area contributed by atoms with E-state index in [0.29, 0.717) is 25.7 Å². The fourth-order valence-electron chi connectivity index (χ4n) is 4.34. The second kappa shape index (κ2) is 8.22. The lowest BCUT2D eigenvalue weighted by molar-refractivity contribution is -0.142. The van der Waals surface area contributed by atoms with Gasteiger partial charge in [-0.1, -0.05) is 25.7 Å². The molecule has 3 amide bonds. The number of halogens is 1. The number of amides is 3. The van der Waals surface area contributed by atoms with E-state index in [1.165, 1.54) is 0 Å². The van der Waals surface area contributed by atoms with E-state index < -0.39 is 40.9 Å². The highest BCUT2D eigenvalue weighted by molar-refractivity contribution is 6.39. The third-order valence-corrected chi connectivity index (χ3v) is 5.80. The molecule has 0 unspecified atom stereocenters. The van der Waals surface area contributed by atoms with Crippen molar-refractivity contribution in [2.75, 3.05) is 6.54 Å². The summed E-state index contributed by atoms with van der Waals surface area (Å²) in [6, 6.07) is -1.27. The minimum absolute atomic E-state index is 0.000264. The van der Waals surface area contributed by atoms with Gasteiger partial charge in [0, 0.05) is 13.0 Å². The monoisotopic (exact) mass is 385 g/mol. The maximum atomic E-state index is 15.0. The van der Waals surface area contributed by atoms with Crippen LogP contribution in [0.5, 0.6) is 0 Å². The van der Waals surface area contributed by atoms with E-state index in [0.717, 1.165) is 4.90 Å². The molecule has 2 fully saturated rings. The predicted molar refractivity (Wildman–Crippen MR) is 94.7 cm³/mol. The van der Waals surface area contributed by atoms with Gasteiger partial charge in [0.25, 0.3) is 5.91 Å². The number of ketones is 1. The van der Waals surface area contributed by atoms with Gasteiger partial charge in [-0.05, 0) is 32.6 Å². The lowest BCUT2D eigenvalue weighted by Crippen LogP contribution is -2.61. The van der Waals surface area contributed by atoms with Crippen molar-refractivity contribution in [2.45, 2.75) is 82.0 Å². The summed E-state index contributed by atoms with van der Waals surface area (Å²) in [5.41, 5.74) is 2.11. The Morgan fingerprint density at radius 1 is 1.11 bits per heavy atom. The molecule has 0 aliphatic heterocycles. The van der Waals surface area contributed by atoms with Crippen LogP contribution in [0.25, 0.3) is 0 Å². The van der Waals surface area contributed by atoms with Gasteiger partial charge in [0.2, 0.25) is 11.7 Å². The van der Waals surface area contributed by atoms with Crippen molar-refractivity contribution in [3.8, 4) is 0 Å². The van der Waals surface area contributed by atoms with Crippen LogP contribution in [0.2, 0.25) is 0 Å². The van der Waals surface area contributed by atoms with Gasteiger partial charge in [0.1, 0.15) is 17.2 Å². The van der Waals surface area contributed by atoms with Crippen LogP contribution in [-0.4, -0.2) is 57.5 Å². The fourth-order valence-corrected chi connectivity index (χ4v) is 4.34. The highest BCUT2D eigenvalue weighted by Crippen LogP contribution is 2.38. The van der Waals surface area contributed by atoms with Gasteiger partial charge in [0.05, 0.1) is 0 Å². The largest absolute Gasteiger partial charge is 0.465 e. The number of nitrogens with two attached hydrogens (primary N) is 1. The van der Waals surface area contributed by atoms with Crippen LogP contribution < -0.4 is 11.1 Å². The molecule has 2 saturated carbocycles. The van der Waals surface area contributed by atoms with E-state index in [4.69, 9.17) is 5.73 Å². The molecule has 0 aromatic rings. The van der Waals surface area contributed by atoms with Crippen LogP contribution in [0.3, 0.4) is 0 Å². The highest BCUT2D eigenvalue weighted by Gasteiger charge is 2.48. The van der Waals surface area contributed by atoms with Crippen molar-refractivity contribution in [1.29, 1.82) is 0 Å². The smallest absolute Gasteiger partial charge is 0.407 e. The number of carbonyl (C=O) groups is 4. The third-order valence-electron chi connectivity index (χ3n) is 5.80. The van der Waals surface area contributed by atoms with Crippen molar-refractivity contribution >= 4 is 23.7 Å². The molecule has 2 aliphatic rings. The Hall–Kier alpha value is -2.19. The standard InChI is InChI=1S/C18H28FN3O5/c1-2-22(16(26)27)12(11-17(19)7-3-4-8-17)15(25)21-18(9-5-6-10-18)13(23)14(20)24/h12H,2-11H2,1H3,(H2,20,24)(H,21,25)(H,26,27)/t12-/m0/s1. The lowest BCUT2D eigenvalue weighted by Gasteiger charge is -2.35. The average Bonchev–Trinajstić information content (AvgIpc) is 3.23. The second-order valence-corrected chi connectivity index (χ2v) is 7.62. The first-order valence-electron chi connectivity index (χ1n) is 9.49. The van der Waals surface area contributed by atoms with Gasteiger partial charge in [-0.3, -0.25) is 19.3 Å². The van der Waals surface area contributed by atoms with Gasteiger partial charge >= 0.3 is 6.09 Å². The molecule has 4 N–H and O–H groups in total. The Kier molecular flexibility index (Phi) is 6.43. The molecule has 27 heavy (non-hydrogen) atoms. The number of alkyl halides is 1. The number of nitrogens with zero attached hydrogens (tertiary/aromatic N) is 1. The Labute approximate surface area is 157 Å². The summed E-state index contributed by atoms with van der Waals surface area (Å²) < 4.78 is 15.0. The number of nitrogens with one attached hydrogen (secondary N) is 1. The average molecular weight is 385 g/mol. The van der Waals surface area contributed by atoms with Crippen molar-refractivity contribution in [2.24, 2.45) is 5.73 Å². The molecule has 152 valence electrons. The van der Waals surface area contributed by atoms with E-state index in [2.05, 4.69) is 5.32 Å². The van der Waals surface area contributed by atoms with Crippen LogP contribution in [-0.2, 0) is 14.4 Å². The minimum atomic E-state index is -1.61. The summed E-state index contributed by atoms with van der Waals surface area (Å²) in [7, 11) is 0. The molecular weight excluding hydrogens is 357 g/mol. The summed E-state index contributed by atoms with van der Waals surface area (Å²) in [5, 5.41) is 12.0. The maximum Gasteiger partial charge on any atom is 0.407 e. The van der Waals surface area contributed by atoms with Crippen LogP contribution in [0.4, 0.5) is 9.18 Å². The van der Waals surface area contributed by atoms with Crippen LogP contribution >= 0.6 is 0 Å². The Morgan fingerprint density at radius 3 is 2.07 bits per heavy atom. The van der Waals surface area contributed by atoms with Gasteiger partial charge in [-0.25, -0.2) is 9.18 Å². The van der Waals surface area contributed by atoms with Gasteiger partial charge in [0.15, 0.2) is 0 Å². The van der Waals surface area contributed by atoms with Gasteiger partial charge in [-0.15, -0.1) is 0 Å². The summed E-state index contributed by atoms with van der Waals surface area (Å²) in [4.78, 5) is 49.2. The number of rotatable bonds is 8. The van der Waals surface area contributed by atoms with E-state index in [-0.39, 0.29) is 38.6 Å². The molecule has 1 atom stereocenters. The number of hydrogen-bond donors (Lipinski definition) is 3. The van der Waals surface area contributed by atoms with E-state index in [1.54, 1.807) is 6.92 Å². The number of primary amides is 1. The number of hydrogen-bond acceptors (Lipinski definition) is 4. The molecule has 2 aliphatic carbocycles. The molecule has 0 aromatic carbocycles. The first-order valence-corrected chi connectivity index (χ1v) is 9.49. The zero-order chi connectivity index (χ0) is 20.2. The first kappa shape index (κ1) is 21.1. The fraction of sp³-hybridized carbons (Fsp3) is 0.778. The quantitative estimate of drug-likeness (QED) is 0.545. The summed E-state index contributed by atoms with van der Waals surface area (Å²) in [6.45, 7) is 1.56.